The number of carbonyl (C=O) groups is 2. The molecule has 0 spiro atoms. The molecule has 1 aromatic carbocycles. The molecule has 35 heavy (non-hydrogen) atoms. The molecule has 1 atom stereocenters. The van der Waals surface area contributed by atoms with Crippen molar-refractivity contribution in [2.24, 2.45) is 0 Å². The third-order valence-corrected chi connectivity index (χ3v) is 7.57. The van der Waals surface area contributed by atoms with E-state index in [0.29, 0.717) is 53.4 Å². The number of ether oxygens (including phenoxy) is 1. The molecule has 0 saturated carbocycles. The highest BCUT2D eigenvalue weighted by Crippen LogP contribution is 2.41. The van der Waals surface area contributed by atoms with Crippen LogP contribution in [-0.4, -0.2) is 71.0 Å². The molecule has 1 fully saturated rings. The fraction of sp³-hybridized carbons (Fsp3) is 0.346. The smallest absolute Gasteiger partial charge is 0.290 e. The van der Waals surface area contributed by atoms with Crippen molar-refractivity contribution in [1.82, 2.24) is 14.8 Å². The van der Waals surface area contributed by atoms with E-state index in [1.165, 1.54) is 16.2 Å². The summed E-state index contributed by atoms with van der Waals surface area (Å²) in [5.41, 5.74) is 1.51. The first kappa shape index (κ1) is 23.5. The molecule has 0 aliphatic carbocycles. The highest BCUT2D eigenvalue weighted by molar-refractivity contribution is 7.17. The number of rotatable bonds is 7. The number of morpholine rings is 1. The Morgan fingerprint density at radius 3 is 2.54 bits per heavy atom. The number of hydrogen-bond donors (Lipinski definition) is 1. The molecule has 182 valence electrons. The van der Waals surface area contributed by atoms with Crippen LogP contribution < -0.4 is 0 Å². The Labute approximate surface area is 207 Å². The lowest BCUT2D eigenvalue weighted by atomic mass is 9.99. The van der Waals surface area contributed by atoms with Crippen molar-refractivity contribution in [2.45, 2.75) is 19.9 Å². The van der Waals surface area contributed by atoms with Crippen LogP contribution in [0.5, 0.6) is 0 Å². The molecule has 9 heteroatoms. The molecule has 0 bridgehead atoms. The SMILES string of the molecule is Cc1ccc(C2C(C(=O)c3sc(-c4ccccc4)nc3C)=C(O)C(=O)N2CCN2CCOCC2)o1. The zero-order valence-corrected chi connectivity index (χ0v) is 20.5. The molecular formula is C26H27N3O5S. The minimum atomic E-state index is -0.800. The van der Waals surface area contributed by atoms with Crippen LogP contribution in [0.2, 0.25) is 0 Å². The van der Waals surface area contributed by atoms with Crippen LogP contribution >= 0.6 is 11.3 Å². The number of Topliss-reactive ketones (excluding diaryl/α,β-unsaturated/α-hetero) is 1. The van der Waals surface area contributed by atoms with Gasteiger partial charge in [0.2, 0.25) is 5.78 Å². The summed E-state index contributed by atoms with van der Waals surface area (Å²) < 4.78 is 11.3. The maximum Gasteiger partial charge on any atom is 0.290 e. The predicted molar refractivity (Wildman–Crippen MR) is 131 cm³/mol. The Balaban J connectivity index is 1.48. The summed E-state index contributed by atoms with van der Waals surface area (Å²) in [6, 6.07) is 12.4. The van der Waals surface area contributed by atoms with E-state index in [1.807, 2.05) is 37.3 Å². The molecule has 4 heterocycles. The molecule has 2 aromatic heterocycles. The van der Waals surface area contributed by atoms with E-state index >= 15 is 0 Å². The first-order chi connectivity index (χ1) is 16.9. The molecule has 0 radical (unpaired) electrons. The molecular weight excluding hydrogens is 466 g/mol. The number of aliphatic hydroxyl groups is 1. The summed E-state index contributed by atoms with van der Waals surface area (Å²) in [6.45, 7) is 7.39. The third-order valence-electron chi connectivity index (χ3n) is 6.36. The van der Waals surface area contributed by atoms with Gasteiger partial charge in [-0.1, -0.05) is 30.3 Å². The first-order valence-electron chi connectivity index (χ1n) is 11.6. The fourth-order valence-electron chi connectivity index (χ4n) is 4.52. The van der Waals surface area contributed by atoms with Crippen molar-refractivity contribution >= 4 is 23.0 Å². The van der Waals surface area contributed by atoms with Crippen molar-refractivity contribution < 1.29 is 23.8 Å². The Morgan fingerprint density at radius 2 is 1.86 bits per heavy atom. The van der Waals surface area contributed by atoms with Crippen molar-refractivity contribution in [3.8, 4) is 10.6 Å². The number of aliphatic hydroxyl groups excluding tert-OH is 1. The van der Waals surface area contributed by atoms with Crippen LogP contribution in [0, 0.1) is 13.8 Å². The average Bonchev–Trinajstić information content (AvgIpc) is 3.55. The Morgan fingerprint density at radius 1 is 1.11 bits per heavy atom. The maximum atomic E-state index is 13.8. The zero-order chi connectivity index (χ0) is 24.5. The molecule has 1 amide bonds. The zero-order valence-electron chi connectivity index (χ0n) is 19.7. The largest absolute Gasteiger partial charge is 0.503 e. The molecule has 1 N–H and O–H groups in total. The van der Waals surface area contributed by atoms with Gasteiger partial charge < -0.3 is 19.2 Å². The lowest BCUT2D eigenvalue weighted by Gasteiger charge is -2.30. The van der Waals surface area contributed by atoms with E-state index in [-0.39, 0.29) is 5.57 Å². The summed E-state index contributed by atoms with van der Waals surface area (Å²) in [5.74, 6) is -0.369. The van der Waals surface area contributed by atoms with Gasteiger partial charge in [-0.05, 0) is 26.0 Å². The predicted octanol–water partition coefficient (Wildman–Crippen LogP) is 3.93. The van der Waals surface area contributed by atoms with Gasteiger partial charge in [0.1, 0.15) is 22.6 Å². The minimum absolute atomic E-state index is 0.0395. The number of hydrogen-bond acceptors (Lipinski definition) is 8. The Kier molecular flexibility index (Phi) is 6.55. The average molecular weight is 494 g/mol. The lowest BCUT2D eigenvalue weighted by Crippen LogP contribution is -2.43. The van der Waals surface area contributed by atoms with E-state index in [4.69, 9.17) is 9.15 Å². The monoisotopic (exact) mass is 493 g/mol. The standard InChI is InChI=1S/C26H27N3O5S/c1-16-8-9-19(34-16)21-20(23(31)26(32)29(21)11-10-28-12-14-33-15-13-28)22(30)24-17(2)27-25(35-24)18-6-4-3-5-7-18/h3-9,21,31H,10-15H2,1-2H3. The Hall–Kier alpha value is -3.27. The summed E-state index contributed by atoms with van der Waals surface area (Å²) in [5, 5.41) is 11.6. The van der Waals surface area contributed by atoms with Gasteiger partial charge in [0.15, 0.2) is 5.76 Å². The summed E-state index contributed by atoms with van der Waals surface area (Å²) in [7, 11) is 0. The van der Waals surface area contributed by atoms with E-state index in [9.17, 15) is 14.7 Å². The maximum absolute atomic E-state index is 13.8. The molecule has 8 nitrogen and oxygen atoms in total. The number of carbonyl (C=O) groups excluding carboxylic acids is 2. The van der Waals surface area contributed by atoms with Crippen LogP contribution in [0.4, 0.5) is 0 Å². The molecule has 3 aromatic rings. The molecule has 1 unspecified atom stereocenters. The molecule has 5 rings (SSSR count). The van der Waals surface area contributed by atoms with Gasteiger partial charge in [0.05, 0.1) is 29.4 Å². The van der Waals surface area contributed by atoms with Crippen LogP contribution in [-0.2, 0) is 9.53 Å². The minimum Gasteiger partial charge on any atom is -0.503 e. The number of furan rings is 1. The van der Waals surface area contributed by atoms with Crippen LogP contribution in [0.1, 0.15) is 32.9 Å². The van der Waals surface area contributed by atoms with Crippen molar-refractivity contribution in [2.75, 3.05) is 39.4 Å². The van der Waals surface area contributed by atoms with Gasteiger partial charge in [-0.2, -0.15) is 0 Å². The number of aromatic nitrogens is 1. The summed E-state index contributed by atoms with van der Waals surface area (Å²) in [4.78, 5) is 35.7. The highest BCUT2D eigenvalue weighted by atomic mass is 32.1. The number of ketones is 1. The molecule has 2 aliphatic heterocycles. The van der Waals surface area contributed by atoms with Gasteiger partial charge in [0, 0.05) is 31.7 Å². The van der Waals surface area contributed by atoms with Crippen LogP contribution in [0.3, 0.4) is 0 Å². The van der Waals surface area contributed by atoms with E-state index in [2.05, 4.69) is 9.88 Å². The fourth-order valence-corrected chi connectivity index (χ4v) is 5.55. The summed E-state index contributed by atoms with van der Waals surface area (Å²) >= 11 is 1.26. The topological polar surface area (TPSA) is 96.1 Å². The van der Waals surface area contributed by atoms with E-state index in [1.54, 1.807) is 19.1 Å². The summed E-state index contributed by atoms with van der Waals surface area (Å²) in [6.07, 6.45) is 0. The van der Waals surface area contributed by atoms with E-state index < -0.39 is 23.5 Å². The van der Waals surface area contributed by atoms with Gasteiger partial charge in [-0.25, -0.2) is 4.98 Å². The molecule has 2 aliphatic rings. The number of benzene rings is 1. The van der Waals surface area contributed by atoms with Crippen LogP contribution in [0.25, 0.3) is 10.6 Å². The van der Waals surface area contributed by atoms with Gasteiger partial charge >= 0.3 is 0 Å². The normalized spacial score (nSPS) is 19.1. The number of amides is 1. The van der Waals surface area contributed by atoms with Gasteiger partial charge in [-0.3, -0.25) is 14.5 Å². The third kappa shape index (κ3) is 4.54. The van der Waals surface area contributed by atoms with Gasteiger partial charge in [-0.15, -0.1) is 11.3 Å². The Bertz CT molecular complexity index is 1270. The number of thiazole rings is 1. The molecule has 1 saturated heterocycles. The second-order valence-electron chi connectivity index (χ2n) is 8.69. The highest BCUT2D eigenvalue weighted by Gasteiger charge is 2.46. The number of aryl methyl sites for hydroxylation is 2. The first-order valence-corrected chi connectivity index (χ1v) is 12.4. The van der Waals surface area contributed by atoms with E-state index in [0.717, 1.165) is 18.7 Å². The van der Waals surface area contributed by atoms with Crippen molar-refractivity contribution in [1.29, 1.82) is 0 Å². The second kappa shape index (κ2) is 9.77. The lowest BCUT2D eigenvalue weighted by molar-refractivity contribution is -0.130. The quantitative estimate of drug-likeness (QED) is 0.498. The second-order valence-corrected chi connectivity index (χ2v) is 9.69. The van der Waals surface area contributed by atoms with Gasteiger partial charge in [0.25, 0.3) is 5.91 Å². The van der Waals surface area contributed by atoms with Crippen LogP contribution in [0.15, 0.2) is 58.2 Å². The number of nitrogens with zero attached hydrogens (tertiary/aromatic N) is 3. The van der Waals surface area contributed by atoms with Crippen molar-refractivity contribution in [3.63, 3.8) is 0 Å². The van der Waals surface area contributed by atoms with Crippen molar-refractivity contribution in [3.05, 3.63) is 75.9 Å².